The van der Waals surface area contributed by atoms with E-state index in [4.69, 9.17) is 9.47 Å². The molecule has 2 aromatic rings. The molecule has 2 aliphatic heterocycles. The Kier molecular flexibility index (Phi) is 10.6. The zero-order chi connectivity index (χ0) is 29.6. The summed E-state index contributed by atoms with van der Waals surface area (Å²) in [5, 5.41) is 9.66. The van der Waals surface area contributed by atoms with Gasteiger partial charge in [-0.05, 0) is 49.7 Å². The topological polar surface area (TPSA) is 79.3 Å². The van der Waals surface area contributed by atoms with Crippen LogP contribution < -0.4 is 9.64 Å². The number of aliphatic hydroxyl groups is 1. The monoisotopic (exact) mass is 584 g/mol. The molecule has 1 unspecified atom stereocenters. The summed E-state index contributed by atoms with van der Waals surface area (Å²) in [6, 6.07) is 15.3. The van der Waals surface area contributed by atoms with Crippen molar-refractivity contribution in [2.75, 3.05) is 31.7 Å². The summed E-state index contributed by atoms with van der Waals surface area (Å²) in [7, 11) is -1.76. The van der Waals surface area contributed by atoms with E-state index in [-0.39, 0.29) is 43.4 Å². The average molecular weight is 585 g/mol. The molecule has 2 heterocycles. The zero-order valence-corrected chi connectivity index (χ0v) is 25.9. The van der Waals surface area contributed by atoms with Crippen molar-refractivity contribution < 1.29 is 28.3 Å². The second-order valence-corrected chi connectivity index (χ2v) is 15.8. The summed E-state index contributed by atoms with van der Waals surface area (Å²) >= 11 is 0. The molecule has 7 nitrogen and oxygen atoms in total. The number of halogens is 1. The number of anilines is 1. The summed E-state index contributed by atoms with van der Waals surface area (Å²) in [6.45, 7) is 6.29. The Morgan fingerprint density at radius 2 is 1.90 bits per heavy atom. The molecule has 224 valence electrons. The third kappa shape index (κ3) is 7.56. The predicted octanol–water partition coefficient (Wildman–Crippen LogP) is 6.02. The van der Waals surface area contributed by atoms with E-state index in [0.717, 1.165) is 42.5 Å². The maximum atomic E-state index is 16.0. The number of hydrogen-bond donors (Lipinski definition) is 1. The van der Waals surface area contributed by atoms with Gasteiger partial charge in [0, 0.05) is 62.3 Å². The van der Waals surface area contributed by atoms with E-state index in [1.54, 1.807) is 25.1 Å². The van der Waals surface area contributed by atoms with Gasteiger partial charge in [0.25, 0.3) is 0 Å². The maximum Gasteiger partial charge on any atom is 0.248 e. The molecule has 2 aromatic carbocycles. The number of fused-ring (bicyclic) bond motifs is 1. The van der Waals surface area contributed by atoms with Crippen molar-refractivity contribution in [1.82, 2.24) is 4.90 Å². The highest BCUT2D eigenvalue weighted by molar-refractivity contribution is 6.72. The molecule has 1 N–H and O–H groups in total. The molecule has 0 aromatic heterocycles. The van der Waals surface area contributed by atoms with Crippen LogP contribution in [0.15, 0.2) is 48.5 Å². The highest BCUT2D eigenvalue weighted by Gasteiger charge is 2.48. The molecule has 4 rings (SSSR count). The van der Waals surface area contributed by atoms with Crippen molar-refractivity contribution in [1.29, 1.82) is 0 Å². The van der Waals surface area contributed by atoms with E-state index in [0.29, 0.717) is 25.3 Å². The molecular formula is C32H45FN2O5Si. The van der Waals surface area contributed by atoms with Crippen molar-refractivity contribution in [3.05, 3.63) is 59.7 Å². The van der Waals surface area contributed by atoms with E-state index in [2.05, 4.69) is 0 Å². The number of hydrogen-bond acceptors (Lipinski definition) is 5. The fourth-order valence-corrected chi connectivity index (χ4v) is 8.06. The largest absolute Gasteiger partial charge is 0.490 e. The Morgan fingerprint density at radius 1 is 1.17 bits per heavy atom. The smallest absolute Gasteiger partial charge is 0.248 e. The highest BCUT2D eigenvalue weighted by Crippen LogP contribution is 2.48. The Balaban J connectivity index is 1.59. The van der Waals surface area contributed by atoms with Crippen LogP contribution in [0, 0.1) is 5.92 Å². The molecular weight excluding hydrogens is 539 g/mol. The standard InChI is InChI=1S/C32H45FN2O5Si/c1-23-31(39-2)26-20-25(35-17-11-6-5-10-14-29(35)37)15-16-27(26)40-32(23)28(41(3,4)33)21-30(38)34(18-19-36)22-24-12-8-7-9-13-24/h7-9,12-13,15-16,20,23,28,31-32,36H,5-6,10-11,14,17-19,21-22H2,1-4H3/t23-,28?,31-,32-/m1/s1. The Morgan fingerprint density at radius 3 is 2.59 bits per heavy atom. The quantitative estimate of drug-likeness (QED) is 0.273. The van der Waals surface area contributed by atoms with Crippen LogP contribution in [0.25, 0.3) is 0 Å². The van der Waals surface area contributed by atoms with Gasteiger partial charge in [-0.3, -0.25) is 9.59 Å². The molecule has 41 heavy (non-hydrogen) atoms. The second kappa shape index (κ2) is 13.9. The number of rotatable bonds is 10. The molecule has 2 aliphatic rings. The first-order chi connectivity index (χ1) is 19.6. The van der Waals surface area contributed by atoms with Crippen LogP contribution >= 0.6 is 0 Å². The van der Waals surface area contributed by atoms with Gasteiger partial charge >= 0.3 is 0 Å². The molecule has 1 saturated heterocycles. The summed E-state index contributed by atoms with van der Waals surface area (Å²) in [4.78, 5) is 30.0. The van der Waals surface area contributed by atoms with E-state index in [1.165, 1.54) is 0 Å². The fourth-order valence-electron chi connectivity index (χ4n) is 6.25. The maximum absolute atomic E-state index is 16.0. The van der Waals surface area contributed by atoms with Crippen molar-refractivity contribution in [2.45, 2.75) is 82.8 Å². The van der Waals surface area contributed by atoms with Crippen LogP contribution in [-0.2, 0) is 20.9 Å². The van der Waals surface area contributed by atoms with Crippen LogP contribution in [0.4, 0.5) is 9.80 Å². The van der Waals surface area contributed by atoms with Gasteiger partial charge in [-0.2, -0.15) is 0 Å². The first-order valence-electron chi connectivity index (χ1n) is 14.9. The van der Waals surface area contributed by atoms with Gasteiger partial charge < -0.3 is 28.5 Å². The summed E-state index contributed by atoms with van der Waals surface area (Å²) in [6.07, 6.45) is 3.67. The minimum atomic E-state index is -3.40. The Hall–Kier alpha value is -2.75. The molecule has 9 heteroatoms. The molecule has 1 fully saturated rings. The van der Waals surface area contributed by atoms with Gasteiger partial charge in [-0.25, -0.2) is 0 Å². The molecule has 0 aliphatic carbocycles. The molecule has 0 spiro atoms. The first kappa shape index (κ1) is 31.2. The second-order valence-electron chi connectivity index (χ2n) is 11.9. The SMILES string of the molecule is CO[C@H]1c2cc(N3CCCCCCC3=O)ccc2O[C@@H](C(CC(=O)N(CCO)Cc2ccccc2)[Si](C)(C)F)[C@@H]1C. The fraction of sp³-hybridized carbons (Fsp3) is 0.562. The lowest BCUT2D eigenvalue weighted by Gasteiger charge is -2.43. The normalized spacial score (nSPS) is 22.2. The van der Waals surface area contributed by atoms with Crippen molar-refractivity contribution in [3.63, 3.8) is 0 Å². The van der Waals surface area contributed by atoms with Crippen molar-refractivity contribution in [2.24, 2.45) is 5.92 Å². The molecule has 0 saturated carbocycles. The summed E-state index contributed by atoms with van der Waals surface area (Å²) in [5.41, 5.74) is 2.01. The van der Waals surface area contributed by atoms with E-state index < -0.39 is 20.1 Å². The lowest BCUT2D eigenvalue weighted by atomic mass is 9.86. The van der Waals surface area contributed by atoms with Crippen LogP contribution in [-0.4, -0.2) is 63.1 Å². The van der Waals surface area contributed by atoms with E-state index in [9.17, 15) is 14.7 Å². The van der Waals surface area contributed by atoms with Gasteiger partial charge in [-0.1, -0.05) is 50.1 Å². The molecule has 2 amide bonds. The van der Waals surface area contributed by atoms with Gasteiger partial charge in [0.15, 0.2) is 0 Å². The van der Waals surface area contributed by atoms with Crippen molar-refractivity contribution in [3.8, 4) is 5.75 Å². The van der Waals surface area contributed by atoms with Crippen molar-refractivity contribution >= 4 is 25.9 Å². The van der Waals surface area contributed by atoms with E-state index >= 15 is 4.11 Å². The van der Waals surface area contributed by atoms with Gasteiger partial charge in [0.1, 0.15) is 11.9 Å². The van der Waals surface area contributed by atoms with Crippen LogP contribution in [0.3, 0.4) is 0 Å². The highest BCUT2D eigenvalue weighted by atomic mass is 28.4. The number of carbonyl (C=O) groups excluding carboxylic acids is 2. The third-order valence-corrected chi connectivity index (χ3v) is 10.9. The minimum Gasteiger partial charge on any atom is -0.490 e. The third-order valence-electron chi connectivity index (χ3n) is 8.56. The van der Waals surface area contributed by atoms with Gasteiger partial charge in [-0.15, -0.1) is 0 Å². The predicted molar refractivity (Wildman–Crippen MR) is 161 cm³/mol. The number of nitrogens with zero attached hydrogens (tertiary/aromatic N) is 2. The summed E-state index contributed by atoms with van der Waals surface area (Å²) < 4.78 is 28.5. The minimum absolute atomic E-state index is 0.0102. The lowest BCUT2D eigenvalue weighted by molar-refractivity contribution is -0.133. The number of methoxy groups -OCH3 is 1. The Bertz CT molecular complexity index is 1170. The van der Waals surface area contributed by atoms with Crippen LogP contribution in [0.1, 0.15) is 62.7 Å². The number of amides is 2. The first-order valence-corrected chi connectivity index (χ1v) is 17.8. The number of benzene rings is 2. The van der Waals surface area contributed by atoms with Crippen LogP contribution in [0.5, 0.6) is 5.75 Å². The molecule has 0 radical (unpaired) electrons. The Labute approximate surface area is 244 Å². The van der Waals surface area contributed by atoms with Gasteiger partial charge in [0.2, 0.25) is 20.2 Å². The van der Waals surface area contributed by atoms with E-state index in [1.807, 2.05) is 60.4 Å². The zero-order valence-electron chi connectivity index (χ0n) is 24.9. The molecule has 0 bridgehead atoms. The summed E-state index contributed by atoms with van der Waals surface area (Å²) in [5.74, 6) is 0.308. The number of carbonyl (C=O) groups is 2. The van der Waals surface area contributed by atoms with Gasteiger partial charge in [0.05, 0.1) is 12.7 Å². The van der Waals surface area contributed by atoms with Crippen LogP contribution in [0.2, 0.25) is 18.6 Å². The number of aliphatic hydroxyl groups excluding tert-OH is 1. The number of ether oxygens (including phenoxy) is 2. The lowest BCUT2D eigenvalue weighted by Crippen LogP contribution is -2.48. The average Bonchev–Trinajstić information content (AvgIpc) is 2.93. The molecule has 4 atom stereocenters.